The number of nitrogens with zero attached hydrogens (tertiary/aromatic N) is 6. The number of H-pyrrole nitrogens is 1. The van der Waals surface area contributed by atoms with Crippen molar-refractivity contribution in [3.8, 4) is 0 Å². The van der Waals surface area contributed by atoms with Crippen molar-refractivity contribution in [3.05, 3.63) is 29.9 Å². The van der Waals surface area contributed by atoms with Gasteiger partial charge in [0.25, 0.3) is 12.9 Å². The maximum absolute atomic E-state index is 8.36. The van der Waals surface area contributed by atoms with Gasteiger partial charge in [0.15, 0.2) is 0 Å². The number of rotatable bonds is 5. The predicted molar refractivity (Wildman–Crippen MR) is 115 cm³/mol. The van der Waals surface area contributed by atoms with E-state index in [1.807, 2.05) is 12.4 Å². The van der Waals surface area contributed by atoms with Gasteiger partial charge >= 0.3 is 0 Å². The molecule has 2 fully saturated rings. The van der Waals surface area contributed by atoms with Crippen LogP contribution in [0, 0.1) is 0 Å². The summed E-state index contributed by atoms with van der Waals surface area (Å²) in [7, 11) is 2.06. The Labute approximate surface area is 187 Å². The van der Waals surface area contributed by atoms with Gasteiger partial charge in [-0.05, 0) is 12.8 Å². The van der Waals surface area contributed by atoms with E-state index in [1.165, 1.54) is 0 Å². The first-order valence-corrected chi connectivity index (χ1v) is 10.6. The summed E-state index contributed by atoms with van der Waals surface area (Å²) in [5.74, 6) is 2.99. The third-order valence-corrected chi connectivity index (χ3v) is 5.65. The van der Waals surface area contributed by atoms with Gasteiger partial charge in [-0.15, -0.1) is 0 Å². The number of imidazole rings is 1. The standard InChI is InChI=1S/C18H29N7O.2CH2O2/c1-3-15-20-16(22-21-15)12-25-10-11-26-18(14-25)4-7-24(8-5-18)13-17-19-6-9-23(17)2;2*2-1-3/h6,9H,3-5,7-8,10-14H2,1-2H3,(H,20,21,22);2*1H,(H,2,3). The average Bonchev–Trinajstić information content (AvgIpc) is 3.40. The topological polar surface area (TPSA) is 150 Å². The zero-order chi connectivity index (χ0) is 23.4. The van der Waals surface area contributed by atoms with Crippen LogP contribution in [0.4, 0.5) is 0 Å². The number of hydrogen-bond acceptors (Lipinski definition) is 8. The molecule has 4 heterocycles. The first kappa shape index (κ1) is 25.4. The van der Waals surface area contributed by atoms with Crippen molar-refractivity contribution in [3.63, 3.8) is 0 Å². The maximum Gasteiger partial charge on any atom is 0.290 e. The molecule has 2 aromatic heterocycles. The van der Waals surface area contributed by atoms with Crippen molar-refractivity contribution < 1.29 is 24.5 Å². The summed E-state index contributed by atoms with van der Waals surface area (Å²) in [5.41, 5.74) is -0.00993. The zero-order valence-corrected chi connectivity index (χ0v) is 18.7. The second-order valence-electron chi connectivity index (χ2n) is 7.74. The number of nitrogens with one attached hydrogen (secondary N) is 1. The SMILES string of the molecule is CCc1n[nH]c(CN2CCOC3(CCN(Cc4nccn4C)CC3)C2)n1.O=CO.O=CO. The Kier molecular flexibility index (Phi) is 10.2. The number of piperidine rings is 1. The molecule has 0 atom stereocenters. The number of morpholine rings is 1. The molecule has 2 aliphatic rings. The lowest BCUT2D eigenvalue weighted by Crippen LogP contribution is -2.56. The number of aromatic nitrogens is 5. The molecule has 0 aromatic carbocycles. The molecule has 0 radical (unpaired) electrons. The first-order chi connectivity index (χ1) is 15.5. The summed E-state index contributed by atoms with van der Waals surface area (Å²) in [6.45, 7) is 8.18. The molecule has 12 heteroatoms. The molecule has 0 bridgehead atoms. The average molecular weight is 452 g/mol. The number of hydrogen-bond donors (Lipinski definition) is 3. The van der Waals surface area contributed by atoms with Crippen molar-refractivity contribution in [2.24, 2.45) is 7.05 Å². The van der Waals surface area contributed by atoms with Crippen LogP contribution in [0.25, 0.3) is 0 Å². The van der Waals surface area contributed by atoms with E-state index in [0.717, 1.165) is 82.6 Å². The van der Waals surface area contributed by atoms with Crippen LogP contribution in [0.1, 0.15) is 37.2 Å². The van der Waals surface area contributed by atoms with E-state index in [4.69, 9.17) is 24.5 Å². The van der Waals surface area contributed by atoms with E-state index in [2.05, 4.69) is 48.5 Å². The van der Waals surface area contributed by atoms with Gasteiger partial charge in [0.2, 0.25) is 0 Å². The Bertz CT molecular complexity index is 811. The molecule has 2 saturated heterocycles. The van der Waals surface area contributed by atoms with Crippen LogP contribution in [-0.2, 0) is 40.9 Å². The molecule has 1 spiro atoms. The Balaban J connectivity index is 0.000000547. The lowest BCUT2D eigenvalue weighted by atomic mass is 9.89. The molecule has 12 nitrogen and oxygen atoms in total. The van der Waals surface area contributed by atoms with E-state index in [9.17, 15) is 0 Å². The molecular formula is C20H33N7O5. The molecule has 32 heavy (non-hydrogen) atoms. The summed E-state index contributed by atoms with van der Waals surface area (Å²) in [6, 6.07) is 0. The normalized spacial score (nSPS) is 18.2. The van der Waals surface area contributed by atoms with Crippen molar-refractivity contribution in [1.82, 2.24) is 34.5 Å². The quantitative estimate of drug-likeness (QED) is 0.544. The fraction of sp³-hybridized carbons (Fsp3) is 0.650. The molecule has 0 amide bonds. The van der Waals surface area contributed by atoms with Crippen LogP contribution in [0.3, 0.4) is 0 Å². The van der Waals surface area contributed by atoms with E-state index < -0.39 is 0 Å². The van der Waals surface area contributed by atoms with Gasteiger partial charge in [-0.25, -0.2) is 9.97 Å². The number of carboxylic acid groups (broad SMARTS) is 2. The molecule has 178 valence electrons. The van der Waals surface area contributed by atoms with Gasteiger partial charge in [-0.2, -0.15) is 5.10 Å². The first-order valence-electron chi connectivity index (χ1n) is 10.6. The van der Waals surface area contributed by atoms with Crippen molar-refractivity contribution in [1.29, 1.82) is 0 Å². The van der Waals surface area contributed by atoms with Crippen LogP contribution in [-0.4, -0.2) is 96.1 Å². The summed E-state index contributed by atoms with van der Waals surface area (Å²) in [6.07, 6.45) is 6.90. The third kappa shape index (κ3) is 7.39. The van der Waals surface area contributed by atoms with Crippen molar-refractivity contribution in [2.75, 3.05) is 32.8 Å². The zero-order valence-electron chi connectivity index (χ0n) is 18.7. The lowest BCUT2D eigenvalue weighted by molar-refractivity contribution is -0.138. The monoisotopic (exact) mass is 451 g/mol. The van der Waals surface area contributed by atoms with Crippen LogP contribution >= 0.6 is 0 Å². The fourth-order valence-electron chi connectivity index (χ4n) is 4.00. The number of aromatic amines is 1. The van der Waals surface area contributed by atoms with Gasteiger partial charge in [0, 0.05) is 52.0 Å². The minimum atomic E-state index is -0.250. The molecule has 4 rings (SSSR count). The second kappa shape index (κ2) is 12.9. The highest BCUT2D eigenvalue weighted by Gasteiger charge is 2.39. The van der Waals surface area contributed by atoms with Gasteiger partial charge in [-0.3, -0.25) is 24.5 Å². The third-order valence-electron chi connectivity index (χ3n) is 5.65. The van der Waals surface area contributed by atoms with Crippen LogP contribution in [0.5, 0.6) is 0 Å². The molecule has 0 aliphatic carbocycles. The van der Waals surface area contributed by atoms with E-state index in [0.29, 0.717) is 0 Å². The molecular weight excluding hydrogens is 418 g/mol. The molecule has 2 aliphatic heterocycles. The van der Waals surface area contributed by atoms with Gasteiger partial charge in [0.1, 0.15) is 17.5 Å². The highest BCUT2D eigenvalue weighted by Crippen LogP contribution is 2.31. The van der Waals surface area contributed by atoms with Gasteiger partial charge in [-0.1, -0.05) is 6.92 Å². The minimum Gasteiger partial charge on any atom is -0.483 e. The fourth-order valence-corrected chi connectivity index (χ4v) is 4.00. The van der Waals surface area contributed by atoms with Crippen molar-refractivity contribution >= 4 is 12.9 Å². The van der Waals surface area contributed by atoms with Crippen molar-refractivity contribution in [2.45, 2.75) is 44.9 Å². The second-order valence-corrected chi connectivity index (χ2v) is 7.74. The smallest absolute Gasteiger partial charge is 0.290 e. The summed E-state index contributed by atoms with van der Waals surface area (Å²) < 4.78 is 8.37. The Morgan fingerprint density at radius 2 is 1.84 bits per heavy atom. The number of aryl methyl sites for hydroxylation is 2. The van der Waals surface area contributed by atoms with Crippen LogP contribution < -0.4 is 0 Å². The largest absolute Gasteiger partial charge is 0.483 e. The van der Waals surface area contributed by atoms with Crippen LogP contribution in [0.15, 0.2) is 12.4 Å². The highest BCUT2D eigenvalue weighted by molar-refractivity contribution is 5.33. The number of likely N-dealkylation sites (tertiary alicyclic amines) is 1. The van der Waals surface area contributed by atoms with Gasteiger partial charge in [0.05, 0.1) is 25.3 Å². The van der Waals surface area contributed by atoms with Gasteiger partial charge < -0.3 is 19.5 Å². The lowest BCUT2D eigenvalue weighted by Gasteiger charge is -2.47. The summed E-state index contributed by atoms with van der Waals surface area (Å²) >= 11 is 0. The minimum absolute atomic E-state index is 0.00993. The molecule has 0 saturated carbocycles. The van der Waals surface area contributed by atoms with E-state index in [-0.39, 0.29) is 18.5 Å². The highest BCUT2D eigenvalue weighted by atomic mass is 16.5. The Morgan fingerprint density at radius 1 is 1.16 bits per heavy atom. The number of ether oxygens (including phenoxy) is 1. The summed E-state index contributed by atoms with van der Waals surface area (Å²) in [5, 5.41) is 21.1. The molecule has 3 N–H and O–H groups in total. The molecule has 2 aromatic rings. The maximum atomic E-state index is 8.36. The predicted octanol–water partition coefficient (Wildman–Crippen LogP) is 0.369. The van der Waals surface area contributed by atoms with E-state index >= 15 is 0 Å². The van der Waals surface area contributed by atoms with Crippen LogP contribution in [0.2, 0.25) is 0 Å². The number of carbonyl (C=O) groups is 2. The van der Waals surface area contributed by atoms with E-state index in [1.54, 1.807) is 0 Å². The Morgan fingerprint density at radius 3 is 2.41 bits per heavy atom. The Hall–Kier alpha value is -2.83. The summed E-state index contributed by atoms with van der Waals surface area (Å²) in [4.78, 5) is 30.7. The molecule has 0 unspecified atom stereocenters.